The highest BCUT2D eigenvalue weighted by Gasteiger charge is 2.43. The molecule has 0 fully saturated rings. The number of rotatable bonds is 0. The van der Waals surface area contributed by atoms with Crippen molar-refractivity contribution in [1.82, 2.24) is 5.32 Å². The summed E-state index contributed by atoms with van der Waals surface area (Å²) in [5, 5.41) is 3.02. The van der Waals surface area contributed by atoms with Gasteiger partial charge in [-0.1, -0.05) is 0 Å². The smallest absolute Gasteiger partial charge is 0.153 e. The van der Waals surface area contributed by atoms with Crippen LogP contribution in [0.1, 0.15) is 0 Å². The van der Waals surface area contributed by atoms with Gasteiger partial charge in [0.15, 0.2) is 6.04 Å². The molecule has 3 heteroatoms. The van der Waals surface area contributed by atoms with Gasteiger partial charge in [-0.15, -0.1) is 0 Å². The summed E-state index contributed by atoms with van der Waals surface area (Å²) in [6.45, 7) is 0. The van der Waals surface area contributed by atoms with Crippen LogP contribution in [0.3, 0.4) is 0 Å². The highest BCUT2D eigenvalue weighted by atomic mass is 15.2. The van der Waals surface area contributed by atoms with E-state index in [1.807, 2.05) is 6.20 Å². The maximum absolute atomic E-state index is 4.10. The Bertz CT molecular complexity index is 259. The quantitative estimate of drug-likeness (QED) is 0.449. The van der Waals surface area contributed by atoms with Crippen LogP contribution in [0.4, 0.5) is 0 Å². The third-order valence-corrected chi connectivity index (χ3v) is 1.53. The van der Waals surface area contributed by atoms with E-state index in [9.17, 15) is 0 Å². The van der Waals surface area contributed by atoms with Gasteiger partial charge in [-0.25, -0.2) is 4.99 Å². The minimum atomic E-state index is 0.356. The van der Waals surface area contributed by atoms with Crippen LogP contribution in [0.15, 0.2) is 21.9 Å². The molecule has 0 radical (unpaired) electrons. The summed E-state index contributed by atoms with van der Waals surface area (Å²) in [5.74, 6) is 1.09. The Labute approximate surface area is 45.8 Å². The van der Waals surface area contributed by atoms with E-state index < -0.39 is 0 Å². The van der Waals surface area contributed by atoms with Gasteiger partial charge in [-0.05, 0) is 0 Å². The fraction of sp³-hybridized carbons (Fsp3) is 0.200. The molecule has 0 aromatic heterocycles. The van der Waals surface area contributed by atoms with Gasteiger partial charge in [-0.3, -0.25) is 4.99 Å². The van der Waals surface area contributed by atoms with Crippen molar-refractivity contribution in [1.29, 1.82) is 0 Å². The molecular weight excluding hydrogens is 102 g/mol. The summed E-state index contributed by atoms with van der Waals surface area (Å²) in [5.41, 5.74) is 2.29. The zero-order chi connectivity index (χ0) is 5.14. The fourth-order valence-electron chi connectivity index (χ4n) is 0.960. The molecule has 3 heterocycles. The van der Waals surface area contributed by atoms with Gasteiger partial charge in [0.2, 0.25) is 0 Å². The summed E-state index contributed by atoms with van der Waals surface area (Å²) in [6, 6.07) is 0.356. The van der Waals surface area contributed by atoms with Gasteiger partial charge in [0.25, 0.3) is 0 Å². The lowest BCUT2D eigenvalue weighted by molar-refractivity contribution is 1.26. The molecule has 0 bridgehead atoms. The third-order valence-electron chi connectivity index (χ3n) is 1.53. The average Bonchev–Trinajstić information content (AvgIpc) is 2.59. The molecule has 1 unspecified atom stereocenters. The minimum Gasteiger partial charge on any atom is -0.346 e. The molecule has 0 saturated carbocycles. The molecule has 3 aliphatic heterocycles. The van der Waals surface area contributed by atoms with Gasteiger partial charge in [0, 0.05) is 6.20 Å². The highest BCUT2D eigenvalue weighted by molar-refractivity contribution is 6.33. The Hall–Kier alpha value is -1.12. The second-order valence-electron chi connectivity index (χ2n) is 2.09. The van der Waals surface area contributed by atoms with Gasteiger partial charge in [-0.2, -0.15) is 0 Å². The number of nitrogens with zero attached hydrogens (tertiary/aromatic N) is 2. The zero-order valence-corrected chi connectivity index (χ0v) is 4.05. The van der Waals surface area contributed by atoms with Crippen molar-refractivity contribution in [2.24, 2.45) is 9.98 Å². The molecule has 0 aliphatic carbocycles. The predicted molar refractivity (Wildman–Crippen MR) is 29.9 cm³/mol. The molecule has 0 spiro atoms. The molecule has 8 heavy (non-hydrogen) atoms. The SMILES string of the molecule is C1=C2N=C2C2N=C2N1. The monoisotopic (exact) mass is 105 g/mol. The molecule has 0 saturated heterocycles. The standard InChI is InChI=1S/C5H3N3/c1-2-3(7-2)4-5(6-1)8-4/h1,4H,(H,6,8). The number of fused-ring (bicyclic) bond motifs is 3. The molecule has 3 rings (SSSR count). The molecule has 3 aliphatic rings. The van der Waals surface area contributed by atoms with Crippen molar-refractivity contribution in [3.05, 3.63) is 11.9 Å². The summed E-state index contributed by atoms with van der Waals surface area (Å²) >= 11 is 0. The molecule has 0 aromatic carbocycles. The lowest BCUT2D eigenvalue weighted by atomic mass is 10.2. The molecular formula is C5H3N3. The van der Waals surface area contributed by atoms with Crippen LogP contribution in [0.2, 0.25) is 0 Å². The molecule has 1 atom stereocenters. The van der Waals surface area contributed by atoms with Crippen molar-refractivity contribution in [2.75, 3.05) is 0 Å². The number of hydrogen-bond acceptors (Lipinski definition) is 3. The van der Waals surface area contributed by atoms with Gasteiger partial charge >= 0.3 is 0 Å². The minimum absolute atomic E-state index is 0.356. The molecule has 0 amide bonds. The summed E-state index contributed by atoms with van der Waals surface area (Å²) in [4.78, 5) is 8.18. The van der Waals surface area contributed by atoms with Gasteiger partial charge in [0.05, 0.1) is 0 Å². The summed E-state index contributed by atoms with van der Waals surface area (Å²) in [6.07, 6.45) is 1.90. The number of nitrogens with one attached hydrogen (secondary N) is 1. The molecule has 3 nitrogen and oxygen atoms in total. The van der Waals surface area contributed by atoms with E-state index in [1.54, 1.807) is 0 Å². The van der Waals surface area contributed by atoms with E-state index in [-0.39, 0.29) is 0 Å². The zero-order valence-electron chi connectivity index (χ0n) is 4.05. The normalized spacial score (nSPS) is 35.0. The van der Waals surface area contributed by atoms with E-state index >= 15 is 0 Å². The Morgan fingerprint density at radius 2 is 2.62 bits per heavy atom. The highest BCUT2D eigenvalue weighted by Crippen LogP contribution is 2.30. The predicted octanol–water partition coefficient (Wildman–Crippen LogP) is -0.334. The Morgan fingerprint density at radius 3 is 3.50 bits per heavy atom. The average molecular weight is 105 g/mol. The number of hydrogen-bond donors (Lipinski definition) is 1. The number of aliphatic imine (C=N–C) groups is 2. The Kier molecular flexibility index (Phi) is 0.238. The maximum Gasteiger partial charge on any atom is 0.153 e. The van der Waals surface area contributed by atoms with Crippen molar-refractivity contribution in [3.63, 3.8) is 0 Å². The largest absolute Gasteiger partial charge is 0.346 e. The topological polar surface area (TPSA) is 36.8 Å². The molecule has 1 N–H and O–H groups in total. The Morgan fingerprint density at radius 1 is 1.62 bits per heavy atom. The van der Waals surface area contributed by atoms with Gasteiger partial charge < -0.3 is 5.32 Å². The number of amidine groups is 1. The van der Waals surface area contributed by atoms with Crippen LogP contribution in [0, 0.1) is 0 Å². The van der Waals surface area contributed by atoms with E-state index in [2.05, 4.69) is 15.3 Å². The van der Waals surface area contributed by atoms with Crippen LogP contribution in [0.5, 0.6) is 0 Å². The maximum atomic E-state index is 4.10. The van der Waals surface area contributed by atoms with Crippen LogP contribution in [0.25, 0.3) is 0 Å². The van der Waals surface area contributed by atoms with Crippen LogP contribution in [-0.4, -0.2) is 17.6 Å². The summed E-state index contributed by atoms with van der Waals surface area (Å²) < 4.78 is 0. The first kappa shape index (κ1) is 3.02. The summed E-state index contributed by atoms with van der Waals surface area (Å²) in [7, 11) is 0. The van der Waals surface area contributed by atoms with Gasteiger partial charge in [0.1, 0.15) is 17.2 Å². The van der Waals surface area contributed by atoms with Crippen molar-refractivity contribution in [2.45, 2.75) is 6.04 Å². The van der Waals surface area contributed by atoms with E-state index in [1.165, 1.54) is 5.71 Å². The first-order valence-electron chi connectivity index (χ1n) is 2.58. The van der Waals surface area contributed by atoms with E-state index in [0.717, 1.165) is 11.5 Å². The fourth-order valence-corrected chi connectivity index (χ4v) is 0.960. The van der Waals surface area contributed by atoms with Crippen LogP contribution < -0.4 is 5.32 Å². The molecule has 0 aromatic rings. The third kappa shape index (κ3) is 0.186. The second kappa shape index (κ2) is 0.632. The Balaban J connectivity index is 2.17. The lowest BCUT2D eigenvalue weighted by Gasteiger charge is -1.92. The van der Waals surface area contributed by atoms with Crippen molar-refractivity contribution in [3.8, 4) is 0 Å². The van der Waals surface area contributed by atoms with Crippen LogP contribution in [-0.2, 0) is 0 Å². The van der Waals surface area contributed by atoms with E-state index in [4.69, 9.17) is 0 Å². The second-order valence-corrected chi connectivity index (χ2v) is 2.09. The van der Waals surface area contributed by atoms with Crippen molar-refractivity contribution >= 4 is 11.5 Å². The molecule has 38 valence electrons. The first-order valence-corrected chi connectivity index (χ1v) is 2.58. The van der Waals surface area contributed by atoms with Crippen LogP contribution >= 0.6 is 0 Å². The first-order chi connectivity index (χ1) is 3.95. The lowest BCUT2D eigenvalue weighted by Crippen LogP contribution is -2.20. The van der Waals surface area contributed by atoms with Crippen molar-refractivity contribution < 1.29 is 0 Å². The van der Waals surface area contributed by atoms with E-state index in [0.29, 0.717) is 6.04 Å².